The van der Waals surface area contributed by atoms with Crippen LogP contribution in [0.1, 0.15) is 28.7 Å². The van der Waals surface area contributed by atoms with Gasteiger partial charge in [0.25, 0.3) is 5.91 Å². The number of carbonyl (C=O) groups is 1. The number of alkyl halides is 3. The van der Waals surface area contributed by atoms with Crippen LogP contribution < -0.4 is 25.3 Å². The van der Waals surface area contributed by atoms with Crippen molar-refractivity contribution >= 4 is 36.2 Å². The van der Waals surface area contributed by atoms with E-state index in [0.717, 1.165) is 48.8 Å². The van der Waals surface area contributed by atoms with Gasteiger partial charge in [-0.1, -0.05) is 30.6 Å². The number of carbonyl (C=O) groups excluding carboxylic acids is 1. The van der Waals surface area contributed by atoms with Crippen LogP contribution in [0, 0.1) is 0 Å². The first-order chi connectivity index (χ1) is 18.7. The molecule has 3 heterocycles. The smallest absolute Gasteiger partial charge is 0.406 e. The molecule has 1 aliphatic heterocycles. The topological polar surface area (TPSA) is 62.1 Å². The predicted molar refractivity (Wildman–Crippen MR) is 145 cm³/mol. The van der Waals surface area contributed by atoms with E-state index in [1.165, 1.54) is 12.1 Å². The van der Waals surface area contributed by atoms with E-state index >= 15 is 0 Å². The molecule has 0 saturated carbocycles. The molecule has 0 spiro atoms. The number of nitrogens with one attached hydrogen (secondary N) is 1. The molecule has 5 rings (SSSR count). The summed E-state index contributed by atoms with van der Waals surface area (Å²) in [6.07, 6.45) is -2.36. The Morgan fingerprint density at radius 3 is 2.10 bits per heavy atom. The maximum Gasteiger partial charge on any atom is 0.573 e. The fourth-order valence-corrected chi connectivity index (χ4v) is 4.77. The molecule has 1 amide bonds. The van der Waals surface area contributed by atoms with Gasteiger partial charge in [-0.3, -0.25) is 9.20 Å². The van der Waals surface area contributed by atoms with Crippen LogP contribution in [0.25, 0.3) is 5.65 Å². The van der Waals surface area contributed by atoms with Crippen molar-refractivity contribution in [1.29, 1.82) is 0 Å². The van der Waals surface area contributed by atoms with E-state index in [2.05, 4.69) is 24.8 Å². The first-order valence-corrected chi connectivity index (χ1v) is 12.7. The molecule has 1 N–H and O–H groups in total. The monoisotopic (exact) mass is 533 g/mol. The van der Waals surface area contributed by atoms with Crippen molar-refractivity contribution in [2.75, 3.05) is 36.0 Å². The number of benzene rings is 2. The Labute approximate surface area is 225 Å². The third-order valence-corrected chi connectivity index (χ3v) is 6.73. The van der Waals surface area contributed by atoms with Crippen LogP contribution in [0.4, 0.5) is 24.5 Å². The van der Waals surface area contributed by atoms with Gasteiger partial charge >= 0.3 is 6.36 Å². The second-order valence-corrected chi connectivity index (χ2v) is 9.32. The van der Waals surface area contributed by atoms with Crippen molar-refractivity contribution in [1.82, 2.24) is 14.7 Å². The molecule has 0 unspecified atom stereocenters. The van der Waals surface area contributed by atoms with Crippen molar-refractivity contribution in [3.63, 3.8) is 0 Å². The van der Waals surface area contributed by atoms with Gasteiger partial charge in [-0.2, -0.15) is 0 Å². The molecule has 7 nitrogen and oxygen atoms in total. The summed E-state index contributed by atoms with van der Waals surface area (Å²) in [5.74, 6) is -0.432. The molecule has 4 aromatic rings. The number of hydrogen-bond donors (Lipinski definition) is 1. The lowest BCUT2D eigenvalue weighted by atomic mass is 9.99. The number of anilines is 2. The Kier molecular flexibility index (Phi) is 7.41. The van der Waals surface area contributed by atoms with Crippen molar-refractivity contribution in [3.8, 4) is 5.75 Å². The lowest BCUT2D eigenvalue weighted by Crippen LogP contribution is -2.46. The summed E-state index contributed by atoms with van der Waals surface area (Å²) in [6.45, 7) is 5.35. The molecular formula is C28H27BF3N5O2. The fourth-order valence-electron chi connectivity index (χ4n) is 4.77. The Hall–Kier alpha value is -4.15. The minimum absolute atomic E-state index is 0.205. The highest BCUT2D eigenvalue weighted by molar-refractivity contribution is 6.32. The number of ether oxygens (including phenoxy) is 1. The van der Waals surface area contributed by atoms with Crippen LogP contribution in [0.3, 0.4) is 0 Å². The molecule has 0 bridgehead atoms. The largest absolute Gasteiger partial charge is 0.573 e. The number of fused-ring (bicyclic) bond motifs is 1. The van der Waals surface area contributed by atoms with E-state index in [1.54, 1.807) is 34.9 Å². The Balaban J connectivity index is 1.16. The molecule has 1 fully saturated rings. The van der Waals surface area contributed by atoms with E-state index in [9.17, 15) is 18.0 Å². The number of halogens is 3. The average Bonchev–Trinajstić information content (AvgIpc) is 3.29. The van der Waals surface area contributed by atoms with E-state index < -0.39 is 6.36 Å². The number of imidazole rings is 1. The lowest BCUT2D eigenvalue weighted by Gasteiger charge is -2.37. The summed E-state index contributed by atoms with van der Waals surface area (Å²) < 4.78 is 42.9. The van der Waals surface area contributed by atoms with Gasteiger partial charge in [0, 0.05) is 50.3 Å². The highest BCUT2D eigenvalue weighted by Gasteiger charge is 2.31. The van der Waals surface area contributed by atoms with Crippen LogP contribution in [-0.4, -0.2) is 55.7 Å². The summed E-state index contributed by atoms with van der Waals surface area (Å²) in [5, 5.41) is 2.99. The first-order valence-electron chi connectivity index (χ1n) is 12.7. The number of nitrogens with zero attached hydrogens (tertiary/aromatic N) is 4. The number of piperazine rings is 1. The molecule has 200 valence electrons. The zero-order chi connectivity index (χ0) is 27.6. The Morgan fingerprint density at radius 2 is 1.54 bits per heavy atom. The summed E-state index contributed by atoms with van der Waals surface area (Å²) >= 11 is 0. The van der Waals surface area contributed by atoms with Crippen LogP contribution in [0.15, 0.2) is 66.9 Å². The molecule has 39 heavy (non-hydrogen) atoms. The van der Waals surface area contributed by atoms with E-state index in [0.29, 0.717) is 29.8 Å². The fraction of sp³-hybridized carbons (Fsp3) is 0.286. The van der Waals surface area contributed by atoms with E-state index in [4.69, 9.17) is 7.85 Å². The van der Waals surface area contributed by atoms with E-state index in [-0.39, 0.29) is 11.7 Å². The highest BCUT2D eigenvalue weighted by Crippen LogP contribution is 2.27. The maximum absolute atomic E-state index is 13.0. The molecule has 0 aliphatic carbocycles. The molecule has 0 atom stereocenters. The minimum Gasteiger partial charge on any atom is -0.406 e. The SMILES string of the molecule is [B]c1ccc2nc(CC)c(C(=O)NCc3ccc(N4CCN(c5ccc(OC(F)(F)F)cc5)CC4)cc3)n2c1. The van der Waals surface area contributed by atoms with Gasteiger partial charge in [-0.05, 0) is 54.4 Å². The Bertz CT molecular complexity index is 1450. The van der Waals surface area contributed by atoms with Gasteiger partial charge in [0.2, 0.25) is 0 Å². The molecule has 1 aliphatic rings. The second-order valence-electron chi connectivity index (χ2n) is 9.32. The van der Waals surface area contributed by atoms with E-state index in [1.807, 2.05) is 31.2 Å². The number of aryl methyl sites for hydroxylation is 1. The summed E-state index contributed by atoms with van der Waals surface area (Å²) in [4.78, 5) is 22.0. The standard InChI is InChI=1S/C28H27BF3N5O2/c1-2-24-26(37-18-20(29)5-12-25(37)34-24)27(38)33-17-19-3-6-21(7-4-19)35-13-15-36(16-14-35)22-8-10-23(11-9-22)39-28(30,31)32/h3-12,18H,2,13-17H2,1H3,(H,33,38). The molecule has 2 radical (unpaired) electrons. The number of amides is 1. The quantitative estimate of drug-likeness (QED) is 0.366. The van der Waals surface area contributed by atoms with Crippen molar-refractivity contribution in [2.24, 2.45) is 0 Å². The lowest BCUT2D eigenvalue weighted by molar-refractivity contribution is -0.274. The van der Waals surface area contributed by atoms with Gasteiger partial charge in [-0.25, -0.2) is 4.98 Å². The average molecular weight is 533 g/mol. The molecular weight excluding hydrogens is 506 g/mol. The van der Waals surface area contributed by atoms with Gasteiger partial charge in [-0.15, -0.1) is 13.2 Å². The first kappa shape index (κ1) is 26.5. The zero-order valence-corrected chi connectivity index (χ0v) is 21.4. The Morgan fingerprint density at radius 1 is 0.949 bits per heavy atom. The second kappa shape index (κ2) is 10.9. The third-order valence-electron chi connectivity index (χ3n) is 6.73. The van der Waals surface area contributed by atoms with Crippen LogP contribution in [0.2, 0.25) is 0 Å². The van der Waals surface area contributed by atoms with Crippen molar-refractivity contribution in [2.45, 2.75) is 26.3 Å². The number of rotatable bonds is 7. The van der Waals surface area contributed by atoms with Crippen molar-refractivity contribution in [3.05, 3.63) is 83.8 Å². The zero-order valence-electron chi connectivity index (χ0n) is 21.4. The van der Waals surface area contributed by atoms with Crippen LogP contribution >= 0.6 is 0 Å². The van der Waals surface area contributed by atoms with Crippen molar-refractivity contribution < 1.29 is 22.7 Å². The number of pyridine rings is 1. The maximum atomic E-state index is 13.0. The third kappa shape index (κ3) is 6.13. The minimum atomic E-state index is -4.70. The molecule has 1 saturated heterocycles. The predicted octanol–water partition coefficient (Wildman–Crippen LogP) is 3.85. The van der Waals surface area contributed by atoms with Gasteiger partial charge < -0.3 is 19.9 Å². The van der Waals surface area contributed by atoms with Crippen LogP contribution in [0.5, 0.6) is 5.75 Å². The van der Waals surface area contributed by atoms with Gasteiger partial charge in [0.05, 0.1) is 5.69 Å². The molecule has 2 aromatic carbocycles. The van der Waals surface area contributed by atoms with Gasteiger partial charge in [0.15, 0.2) is 0 Å². The normalized spacial score (nSPS) is 14.1. The molecule has 2 aromatic heterocycles. The number of aromatic nitrogens is 2. The molecule has 11 heteroatoms. The number of hydrogen-bond acceptors (Lipinski definition) is 5. The summed E-state index contributed by atoms with van der Waals surface area (Å²) in [6, 6.07) is 17.6. The van der Waals surface area contributed by atoms with Gasteiger partial charge in [0.1, 0.15) is 24.9 Å². The highest BCUT2D eigenvalue weighted by atomic mass is 19.4. The summed E-state index contributed by atoms with van der Waals surface area (Å²) in [7, 11) is 5.92. The van der Waals surface area contributed by atoms with Crippen LogP contribution in [-0.2, 0) is 13.0 Å². The summed E-state index contributed by atoms with van der Waals surface area (Å²) in [5.41, 5.74) is 5.36.